The number of aromatic hydroxyl groups is 3. The van der Waals surface area contributed by atoms with E-state index in [1.807, 2.05) is 0 Å². The lowest BCUT2D eigenvalue weighted by Gasteiger charge is -2.14. The van der Waals surface area contributed by atoms with Crippen molar-refractivity contribution in [1.29, 1.82) is 0 Å². The van der Waals surface area contributed by atoms with E-state index < -0.39 is 0 Å². The van der Waals surface area contributed by atoms with Crippen LogP contribution in [0.15, 0.2) is 6.07 Å². The van der Waals surface area contributed by atoms with Gasteiger partial charge in [0.25, 0.3) is 0 Å². The first kappa shape index (κ1) is 19.4. The summed E-state index contributed by atoms with van der Waals surface area (Å²) in [5.74, 6) is 0.00246. The Labute approximate surface area is 158 Å². The highest BCUT2D eigenvalue weighted by Crippen LogP contribution is 2.50. The molecule has 3 N–H and O–H groups in total. The molecule has 2 aliphatic rings. The Morgan fingerprint density at radius 3 is 1.85 bits per heavy atom. The summed E-state index contributed by atoms with van der Waals surface area (Å²) in [6.07, 6.45) is 14.7. The molecule has 2 saturated carbocycles. The topological polar surface area (TPSA) is 60.7 Å². The molecule has 0 aliphatic heterocycles. The molecule has 2 fully saturated rings. The van der Waals surface area contributed by atoms with Gasteiger partial charge in [0.2, 0.25) is 0 Å². The summed E-state index contributed by atoms with van der Waals surface area (Å²) in [7, 11) is 0. The lowest BCUT2D eigenvalue weighted by molar-refractivity contribution is 0.382. The van der Waals surface area contributed by atoms with Crippen LogP contribution in [0.5, 0.6) is 17.2 Å². The van der Waals surface area contributed by atoms with Gasteiger partial charge in [-0.3, -0.25) is 0 Å². The lowest BCUT2D eigenvalue weighted by Crippen LogP contribution is -1.96. The number of hydrogen-bond acceptors (Lipinski definition) is 3. The summed E-state index contributed by atoms with van der Waals surface area (Å²) in [6.45, 7) is 4.69. The molecule has 0 heterocycles. The normalized spacial score (nSPS) is 19.5. The molecule has 0 amide bonds. The molecule has 2 aliphatic carbocycles. The van der Waals surface area contributed by atoms with Gasteiger partial charge in [-0.25, -0.2) is 0 Å². The molecule has 1 aromatic carbocycles. The zero-order chi connectivity index (χ0) is 18.8. The van der Waals surface area contributed by atoms with Gasteiger partial charge in [0, 0.05) is 11.1 Å². The maximum absolute atomic E-state index is 10.3. The average Bonchev–Trinajstić information content (AvgIpc) is 3.51. The maximum atomic E-state index is 10.3. The lowest BCUT2D eigenvalue weighted by atomic mass is 9.95. The van der Waals surface area contributed by atoms with Crippen LogP contribution < -0.4 is 0 Å². The Balaban J connectivity index is 1.46. The van der Waals surface area contributed by atoms with E-state index >= 15 is 0 Å². The summed E-state index contributed by atoms with van der Waals surface area (Å²) >= 11 is 0. The minimum Gasteiger partial charge on any atom is -0.508 e. The fourth-order valence-electron chi connectivity index (χ4n) is 4.00. The fraction of sp³-hybridized carbons (Fsp3) is 0.739. The molecule has 0 unspecified atom stereocenters. The number of hydrogen-bond donors (Lipinski definition) is 3. The number of rotatable bonds is 11. The van der Waals surface area contributed by atoms with Crippen molar-refractivity contribution < 1.29 is 15.3 Å². The highest BCUT2D eigenvalue weighted by molar-refractivity contribution is 5.56. The van der Waals surface area contributed by atoms with Crippen molar-refractivity contribution in [2.75, 3.05) is 0 Å². The number of phenolic OH excluding ortho intramolecular Hbond substituents is 3. The molecular weight excluding hydrogens is 324 g/mol. The van der Waals surface area contributed by atoms with Crippen molar-refractivity contribution in [2.45, 2.75) is 97.3 Å². The summed E-state index contributed by atoms with van der Waals surface area (Å²) in [6, 6.07) is 1.66. The molecule has 3 heteroatoms. The second kappa shape index (κ2) is 7.70. The molecule has 0 atom stereocenters. The van der Waals surface area contributed by atoms with E-state index in [-0.39, 0.29) is 17.2 Å². The van der Waals surface area contributed by atoms with Gasteiger partial charge in [0.15, 0.2) is 11.5 Å². The minimum absolute atomic E-state index is 0.0268. The Kier molecular flexibility index (Phi) is 5.74. The third kappa shape index (κ3) is 5.08. The van der Waals surface area contributed by atoms with Gasteiger partial charge in [-0.05, 0) is 81.1 Å². The Morgan fingerprint density at radius 1 is 0.731 bits per heavy atom. The molecule has 3 rings (SSSR count). The summed E-state index contributed by atoms with van der Waals surface area (Å²) in [5, 5.41) is 31.0. The van der Waals surface area contributed by atoms with E-state index in [1.54, 1.807) is 6.07 Å². The van der Waals surface area contributed by atoms with Crippen molar-refractivity contribution >= 4 is 0 Å². The Bertz CT molecular complexity index is 627. The molecule has 26 heavy (non-hydrogen) atoms. The number of unbranched alkanes of at least 4 members (excludes halogenated alkanes) is 3. The van der Waals surface area contributed by atoms with Crippen LogP contribution in [-0.4, -0.2) is 15.3 Å². The summed E-state index contributed by atoms with van der Waals surface area (Å²) in [4.78, 5) is 0. The van der Waals surface area contributed by atoms with Crippen LogP contribution in [0.2, 0.25) is 0 Å². The van der Waals surface area contributed by atoms with Gasteiger partial charge in [0.1, 0.15) is 5.75 Å². The molecule has 1 aromatic rings. The Morgan fingerprint density at radius 2 is 1.27 bits per heavy atom. The van der Waals surface area contributed by atoms with E-state index in [1.165, 1.54) is 44.9 Å². The largest absolute Gasteiger partial charge is 0.508 e. The van der Waals surface area contributed by atoms with Crippen LogP contribution in [0.1, 0.15) is 95.6 Å². The van der Waals surface area contributed by atoms with E-state index in [2.05, 4.69) is 13.8 Å². The fourth-order valence-corrected chi connectivity index (χ4v) is 4.00. The third-order valence-corrected chi connectivity index (χ3v) is 6.83. The maximum Gasteiger partial charge on any atom is 0.164 e. The van der Waals surface area contributed by atoms with Crippen molar-refractivity contribution in [3.8, 4) is 17.2 Å². The predicted octanol–water partition coefficient (Wildman–Crippen LogP) is 6.22. The molecule has 146 valence electrons. The molecule has 0 saturated heterocycles. The Hall–Kier alpha value is -1.38. The van der Waals surface area contributed by atoms with Crippen LogP contribution in [0, 0.1) is 10.8 Å². The van der Waals surface area contributed by atoms with Crippen LogP contribution in [-0.2, 0) is 12.8 Å². The second-order valence-electron chi connectivity index (χ2n) is 9.62. The number of phenols is 3. The monoisotopic (exact) mass is 360 g/mol. The van der Waals surface area contributed by atoms with E-state index in [0.717, 1.165) is 25.7 Å². The zero-order valence-electron chi connectivity index (χ0n) is 16.6. The van der Waals surface area contributed by atoms with Crippen LogP contribution in [0.4, 0.5) is 0 Å². The summed E-state index contributed by atoms with van der Waals surface area (Å²) in [5.41, 5.74) is 2.34. The standard InChI is InChI=1S/C23H36O3/c1-22(12-13-22)10-6-3-4-8-17-16-19(24)18(21(26)20(17)25)9-5-7-11-23(2)14-15-23/h16,24-26H,3-15H2,1-2H3. The number of aryl methyl sites for hydroxylation is 1. The van der Waals surface area contributed by atoms with Gasteiger partial charge in [-0.15, -0.1) is 0 Å². The van der Waals surface area contributed by atoms with Gasteiger partial charge in [-0.1, -0.05) is 33.1 Å². The predicted molar refractivity (Wildman–Crippen MR) is 106 cm³/mol. The zero-order valence-corrected chi connectivity index (χ0v) is 16.6. The molecule has 0 bridgehead atoms. The first-order valence-electron chi connectivity index (χ1n) is 10.6. The first-order valence-corrected chi connectivity index (χ1v) is 10.6. The smallest absolute Gasteiger partial charge is 0.164 e. The van der Waals surface area contributed by atoms with Gasteiger partial charge in [-0.2, -0.15) is 0 Å². The van der Waals surface area contributed by atoms with E-state index in [4.69, 9.17) is 0 Å². The molecule has 0 spiro atoms. The van der Waals surface area contributed by atoms with Gasteiger partial charge < -0.3 is 15.3 Å². The van der Waals surface area contributed by atoms with Crippen molar-refractivity contribution in [3.05, 3.63) is 17.2 Å². The van der Waals surface area contributed by atoms with Crippen LogP contribution in [0.3, 0.4) is 0 Å². The molecular formula is C23H36O3. The SMILES string of the molecule is CC1(CCCCCc2cc(O)c(CCCCC3(C)CC3)c(O)c2O)CC1. The van der Waals surface area contributed by atoms with Crippen LogP contribution in [0.25, 0.3) is 0 Å². The highest BCUT2D eigenvalue weighted by Gasteiger charge is 2.36. The van der Waals surface area contributed by atoms with Gasteiger partial charge in [0.05, 0.1) is 0 Å². The quantitative estimate of drug-likeness (QED) is 0.249. The van der Waals surface area contributed by atoms with Crippen molar-refractivity contribution in [2.24, 2.45) is 10.8 Å². The number of benzene rings is 1. The van der Waals surface area contributed by atoms with Crippen molar-refractivity contribution in [1.82, 2.24) is 0 Å². The van der Waals surface area contributed by atoms with Crippen molar-refractivity contribution in [3.63, 3.8) is 0 Å². The van der Waals surface area contributed by atoms with E-state index in [0.29, 0.717) is 34.8 Å². The molecule has 0 aromatic heterocycles. The van der Waals surface area contributed by atoms with E-state index in [9.17, 15) is 15.3 Å². The van der Waals surface area contributed by atoms with Gasteiger partial charge >= 0.3 is 0 Å². The first-order chi connectivity index (χ1) is 12.3. The summed E-state index contributed by atoms with van der Waals surface area (Å²) < 4.78 is 0. The third-order valence-electron chi connectivity index (χ3n) is 6.83. The van der Waals surface area contributed by atoms with Crippen LogP contribution >= 0.6 is 0 Å². The second-order valence-corrected chi connectivity index (χ2v) is 9.62. The average molecular weight is 361 g/mol. The minimum atomic E-state index is -0.108. The molecule has 0 radical (unpaired) electrons. The highest BCUT2D eigenvalue weighted by atomic mass is 16.3. The molecule has 3 nitrogen and oxygen atoms in total.